The van der Waals surface area contributed by atoms with E-state index in [1.54, 1.807) is 30.9 Å². The number of anilines is 1. The lowest BCUT2D eigenvalue weighted by atomic mass is 10.0. The number of hydrogen-bond acceptors (Lipinski definition) is 7. The summed E-state index contributed by atoms with van der Waals surface area (Å²) in [5, 5.41) is 3.61. The van der Waals surface area contributed by atoms with E-state index in [9.17, 15) is 18.0 Å². The first-order valence-electron chi connectivity index (χ1n) is 11.9. The van der Waals surface area contributed by atoms with Crippen molar-refractivity contribution in [3.05, 3.63) is 53.1 Å². The number of aryl methyl sites for hydroxylation is 1. The van der Waals surface area contributed by atoms with Gasteiger partial charge in [-0.1, -0.05) is 18.2 Å². The fourth-order valence-corrected chi connectivity index (χ4v) is 4.52. The van der Waals surface area contributed by atoms with Crippen LogP contribution < -0.4 is 14.8 Å². The molecule has 198 valence electrons. The van der Waals surface area contributed by atoms with E-state index in [1.165, 1.54) is 19.2 Å². The number of piperazine rings is 1. The minimum absolute atomic E-state index is 0.0272. The summed E-state index contributed by atoms with van der Waals surface area (Å²) in [5.41, 5.74) is -0.0769. The molecular formula is C26H30F3N5O3. The van der Waals surface area contributed by atoms with Crippen molar-refractivity contribution in [3.63, 3.8) is 0 Å². The number of halogens is 3. The Morgan fingerprint density at radius 1 is 1.16 bits per heavy atom. The third-order valence-electron chi connectivity index (χ3n) is 6.47. The summed E-state index contributed by atoms with van der Waals surface area (Å²) in [4.78, 5) is 25.7. The Morgan fingerprint density at radius 3 is 2.57 bits per heavy atom. The first-order valence-corrected chi connectivity index (χ1v) is 11.9. The maximum absolute atomic E-state index is 14.8. The number of alkyl halides is 2. The van der Waals surface area contributed by atoms with Gasteiger partial charge >= 0.3 is 6.09 Å². The first kappa shape index (κ1) is 26.5. The van der Waals surface area contributed by atoms with E-state index in [-0.39, 0.29) is 17.4 Å². The summed E-state index contributed by atoms with van der Waals surface area (Å²) < 4.78 is 52.4. The molecule has 1 amide bonds. The topological polar surface area (TPSA) is 79.8 Å². The van der Waals surface area contributed by atoms with Crippen molar-refractivity contribution in [2.24, 2.45) is 0 Å². The molecule has 37 heavy (non-hydrogen) atoms. The van der Waals surface area contributed by atoms with Gasteiger partial charge in [0.1, 0.15) is 17.5 Å². The number of methoxy groups -OCH3 is 1. The third-order valence-corrected chi connectivity index (χ3v) is 6.47. The number of hydrogen-bond donors (Lipinski definition) is 1. The van der Waals surface area contributed by atoms with Crippen LogP contribution in [0.25, 0.3) is 10.9 Å². The average Bonchev–Trinajstić information content (AvgIpc) is 2.83. The number of aromatic nitrogens is 2. The third kappa shape index (κ3) is 5.56. The van der Waals surface area contributed by atoms with Crippen molar-refractivity contribution in [2.75, 3.05) is 39.1 Å². The van der Waals surface area contributed by atoms with Gasteiger partial charge in [-0.25, -0.2) is 27.9 Å². The van der Waals surface area contributed by atoms with Crippen LogP contribution in [-0.2, 0) is 0 Å². The summed E-state index contributed by atoms with van der Waals surface area (Å²) in [5.74, 6) is 0.299. The highest BCUT2D eigenvalue weighted by atomic mass is 19.3. The van der Waals surface area contributed by atoms with Gasteiger partial charge in [-0.15, -0.1) is 0 Å². The largest absolute Gasteiger partial charge is 0.493 e. The molecule has 0 radical (unpaired) electrons. The molecule has 4 rings (SSSR count). The minimum Gasteiger partial charge on any atom is -0.493 e. The number of benzene rings is 2. The molecule has 2 heterocycles. The van der Waals surface area contributed by atoms with Crippen LogP contribution >= 0.6 is 0 Å². The van der Waals surface area contributed by atoms with Crippen molar-refractivity contribution in [2.45, 2.75) is 39.3 Å². The van der Waals surface area contributed by atoms with Crippen molar-refractivity contribution < 1.29 is 27.4 Å². The maximum Gasteiger partial charge on any atom is 0.415 e. The van der Waals surface area contributed by atoms with Crippen molar-refractivity contribution in [1.82, 2.24) is 19.8 Å². The van der Waals surface area contributed by atoms with E-state index in [1.807, 2.05) is 14.0 Å². The molecule has 1 aliphatic rings. The zero-order chi connectivity index (χ0) is 26.9. The molecule has 0 unspecified atom stereocenters. The van der Waals surface area contributed by atoms with Gasteiger partial charge in [0.15, 0.2) is 11.5 Å². The predicted octanol–water partition coefficient (Wildman–Crippen LogP) is 5.33. The second-order valence-electron chi connectivity index (χ2n) is 9.23. The number of likely N-dealkylation sites (N-methyl/N-ethyl adjacent to an activating group) is 1. The summed E-state index contributed by atoms with van der Waals surface area (Å²) in [6.07, 6.45) is -3.43. The van der Waals surface area contributed by atoms with Crippen LogP contribution in [0.2, 0.25) is 0 Å². The average molecular weight is 518 g/mol. The van der Waals surface area contributed by atoms with E-state index in [0.717, 1.165) is 19.2 Å². The Bertz CT molecular complexity index is 1310. The van der Waals surface area contributed by atoms with Gasteiger partial charge in [0.25, 0.3) is 6.43 Å². The molecule has 1 N–H and O–H groups in total. The highest BCUT2D eigenvalue weighted by molar-refractivity contribution is 5.92. The van der Waals surface area contributed by atoms with Gasteiger partial charge in [-0.3, -0.25) is 0 Å². The van der Waals surface area contributed by atoms with Gasteiger partial charge in [-0.05, 0) is 33.9 Å². The molecule has 2 aromatic carbocycles. The van der Waals surface area contributed by atoms with E-state index >= 15 is 0 Å². The predicted molar refractivity (Wildman–Crippen MR) is 134 cm³/mol. The fraction of sp³-hybridized carbons (Fsp3) is 0.423. The maximum atomic E-state index is 14.8. The number of carbonyl (C=O) groups excluding carboxylic acids is 1. The monoisotopic (exact) mass is 517 g/mol. The van der Waals surface area contributed by atoms with Crippen LogP contribution in [0.4, 0.5) is 23.8 Å². The van der Waals surface area contributed by atoms with E-state index in [0.29, 0.717) is 34.8 Å². The zero-order valence-corrected chi connectivity index (χ0v) is 21.4. The van der Waals surface area contributed by atoms with Crippen molar-refractivity contribution >= 4 is 22.8 Å². The lowest BCUT2D eigenvalue weighted by Crippen LogP contribution is -2.53. The summed E-state index contributed by atoms with van der Waals surface area (Å²) in [7, 11) is 3.46. The van der Waals surface area contributed by atoms with Crippen LogP contribution in [0.1, 0.15) is 43.3 Å². The van der Waals surface area contributed by atoms with Gasteiger partial charge in [-0.2, -0.15) is 0 Å². The van der Waals surface area contributed by atoms with E-state index < -0.39 is 29.9 Å². The fourth-order valence-electron chi connectivity index (χ4n) is 4.52. The highest BCUT2D eigenvalue weighted by Crippen LogP contribution is 2.36. The van der Waals surface area contributed by atoms with Gasteiger partial charge in [0.2, 0.25) is 0 Å². The van der Waals surface area contributed by atoms with Gasteiger partial charge in [0.05, 0.1) is 24.2 Å². The second-order valence-corrected chi connectivity index (χ2v) is 9.23. The number of fused-ring (bicyclic) bond motifs is 1. The van der Waals surface area contributed by atoms with Crippen LogP contribution in [0.5, 0.6) is 11.5 Å². The smallest absolute Gasteiger partial charge is 0.415 e. The molecule has 0 saturated carbocycles. The first-order chi connectivity index (χ1) is 17.6. The summed E-state index contributed by atoms with van der Waals surface area (Å²) in [6.45, 7) is 7.29. The molecule has 1 aromatic heterocycles. The van der Waals surface area contributed by atoms with E-state index in [4.69, 9.17) is 9.47 Å². The second kappa shape index (κ2) is 10.8. The molecule has 1 aliphatic heterocycles. The number of rotatable bonds is 6. The van der Waals surface area contributed by atoms with Crippen LogP contribution in [0, 0.1) is 12.7 Å². The molecule has 0 bridgehead atoms. The number of nitrogens with zero attached hydrogens (tertiary/aromatic N) is 4. The Kier molecular flexibility index (Phi) is 7.72. The molecule has 0 spiro atoms. The van der Waals surface area contributed by atoms with Gasteiger partial charge in [0, 0.05) is 42.7 Å². The number of amides is 1. The molecular weight excluding hydrogens is 487 g/mol. The van der Waals surface area contributed by atoms with E-state index in [2.05, 4.69) is 20.2 Å². The molecule has 1 fully saturated rings. The molecule has 8 nitrogen and oxygen atoms in total. The Hall–Kier alpha value is -3.60. The molecule has 11 heteroatoms. The lowest BCUT2D eigenvalue weighted by molar-refractivity contribution is 0.0886. The number of ether oxygens (including phenoxy) is 2. The molecule has 1 saturated heterocycles. The van der Waals surface area contributed by atoms with Crippen molar-refractivity contribution in [3.8, 4) is 11.5 Å². The summed E-state index contributed by atoms with van der Waals surface area (Å²) >= 11 is 0. The Morgan fingerprint density at radius 2 is 1.89 bits per heavy atom. The minimum atomic E-state index is -2.93. The molecule has 0 aliphatic carbocycles. The quantitative estimate of drug-likeness (QED) is 0.473. The standard InChI is InChI=1S/C26H30F3N5O3/c1-14-13-33(4)9-10-34(14)26(35)37-22-11-19-20(12-21(22)36-5)31-16(3)32-25(19)30-15(2)17-7-6-8-18(23(17)27)24(28)29/h6-8,11-12,14-15,24H,9-10,13H2,1-5H3,(H,30,31,32)/t14-,15-/m1/s1. The van der Waals surface area contributed by atoms with Crippen LogP contribution in [0.15, 0.2) is 30.3 Å². The lowest BCUT2D eigenvalue weighted by Gasteiger charge is -2.37. The Balaban J connectivity index is 1.68. The SMILES string of the molecule is COc1cc2nc(C)nc(N[C@H](C)c3cccc(C(F)F)c3F)c2cc1OC(=O)N1CCN(C)C[C@H]1C. The number of nitrogens with one attached hydrogen (secondary N) is 1. The van der Waals surface area contributed by atoms with Gasteiger partial charge < -0.3 is 24.6 Å². The number of carbonyl (C=O) groups is 1. The van der Waals surface area contributed by atoms with Crippen LogP contribution in [0.3, 0.4) is 0 Å². The normalized spacial score (nSPS) is 17.2. The van der Waals surface area contributed by atoms with Crippen LogP contribution in [-0.4, -0.2) is 65.7 Å². The van der Waals surface area contributed by atoms with Crippen molar-refractivity contribution in [1.29, 1.82) is 0 Å². The Labute approximate surface area is 213 Å². The highest BCUT2D eigenvalue weighted by Gasteiger charge is 2.28. The zero-order valence-electron chi connectivity index (χ0n) is 21.4. The molecule has 3 aromatic rings. The molecule has 2 atom stereocenters. The summed E-state index contributed by atoms with van der Waals surface area (Å²) in [6, 6.07) is 6.40.